The fourth-order valence-corrected chi connectivity index (χ4v) is 1.57. The highest BCUT2D eigenvalue weighted by molar-refractivity contribution is 6.35. The number of anilines is 1. The van der Waals surface area contributed by atoms with Crippen LogP contribution in [0.1, 0.15) is 5.56 Å². The van der Waals surface area contributed by atoms with Crippen molar-refractivity contribution in [1.29, 1.82) is 0 Å². The van der Waals surface area contributed by atoms with Crippen LogP contribution in [-0.2, 0) is 6.54 Å². The van der Waals surface area contributed by atoms with Crippen molar-refractivity contribution in [3.8, 4) is 0 Å². The summed E-state index contributed by atoms with van der Waals surface area (Å²) in [5, 5.41) is 4.11. The molecule has 0 saturated carbocycles. The average Bonchev–Trinajstić information content (AvgIpc) is 2.69. The van der Waals surface area contributed by atoms with Crippen LogP contribution in [0.3, 0.4) is 0 Å². The molecule has 0 amide bonds. The van der Waals surface area contributed by atoms with Crippen LogP contribution in [0.4, 0.5) is 5.82 Å². The van der Waals surface area contributed by atoms with E-state index in [2.05, 4.69) is 10.3 Å². The van der Waals surface area contributed by atoms with Gasteiger partial charge in [-0.05, 0) is 12.1 Å². The predicted octanol–water partition coefficient (Wildman–Crippen LogP) is 3.59. The predicted molar refractivity (Wildman–Crippen MR) is 60.3 cm³/mol. The number of furan rings is 1. The maximum absolute atomic E-state index is 5.94. The van der Waals surface area contributed by atoms with E-state index in [0.717, 1.165) is 5.56 Å². The molecule has 0 atom stereocenters. The van der Waals surface area contributed by atoms with Gasteiger partial charge in [0.15, 0.2) is 0 Å². The minimum Gasteiger partial charge on any atom is -0.472 e. The molecule has 0 aliphatic carbocycles. The van der Waals surface area contributed by atoms with Gasteiger partial charge in [0.05, 0.1) is 22.6 Å². The summed E-state index contributed by atoms with van der Waals surface area (Å²) in [6, 6.07) is 3.52. The molecule has 0 bridgehead atoms. The van der Waals surface area contributed by atoms with Gasteiger partial charge in [0.25, 0.3) is 0 Å². The summed E-state index contributed by atoms with van der Waals surface area (Å²) < 4.78 is 4.94. The fourth-order valence-electron chi connectivity index (χ4n) is 1.12. The summed E-state index contributed by atoms with van der Waals surface area (Å²) in [7, 11) is 0. The van der Waals surface area contributed by atoms with E-state index < -0.39 is 0 Å². The van der Waals surface area contributed by atoms with Crippen molar-refractivity contribution in [1.82, 2.24) is 4.98 Å². The SMILES string of the molecule is Clc1cnc(NCc2ccoc2)c(Cl)c1. The number of hydrogen-bond acceptors (Lipinski definition) is 3. The Hall–Kier alpha value is -1.19. The average molecular weight is 243 g/mol. The van der Waals surface area contributed by atoms with Crippen LogP contribution in [-0.4, -0.2) is 4.98 Å². The molecule has 2 aromatic heterocycles. The number of hydrogen-bond donors (Lipinski definition) is 1. The first-order valence-corrected chi connectivity index (χ1v) is 5.07. The van der Waals surface area contributed by atoms with E-state index in [9.17, 15) is 0 Å². The van der Waals surface area contributed by atoms with Gasteiger partial charge < -0.3 is 9.73 Å². The number of halogens is 2. The Kier molecular flexibility index (Phi) is 3.14. The minimum atomic E-state index is 0.506. The molecule has 5 heteroatoms. The van der Waals surface area contributed by atoms with Crippen molar-refractivity contribution in [2.45, 2.75) is 6.54 Å². The first-order chi connectivity index (χ1) is 7.25. The van der Waals surface area contributed by atoms with Crippen LogP contribution >= 0.6 is 23.2 Å². The smallest absolute Gasteiger partial charge is 0.145 e. The van der Waals surface area contributed by atoms with Crippen LogP contribution in [0, 0.1) is 0 Å². The first-order valence-electron chi connectivity index (χ1n) is 4.31. The van der Waals surface area contributed by atoms with Crippen LogP contribution in [0.5, 0.6) is 0 Å². The fraction of sp³-hybridized carbons (Fsp3) is 0.100. The summed E-state index contributed by atoms with van der Waals surface area (Å²) in [5.41, 5.74) is 1.03. The molecule has 0 aromatic carbocycles. The molecule has 1 N–H and O–H groups in total. The van der Waals surface area contributed by atoms with Gasteiger partial charge in [-0.2, -0.15) is 0 Å². The number of aromatic nitrogens is 1. The summed E-state index contributed by atoms with van der Waals surface area (Å²) >= 11 is 11.7. The van der Waals surface area contributed by atoms with Gasteiger partial charge >= 0.3 is 0 Å². The van der Waals surface area contributed by atoms with Gasteiger partial charge in [-0.25, -0.2) is 4.98 Å². The van der Waals surface area contributed by atoms with Gasteiger partial charge in [0, 0.05) is 18.3 Å². The maximum atomic E-state index is 5.94. The molecule has 0 fully saturated rings. The molecule has 3 nitrogen and oxygen atoms in total. The summed E-state index contributed by atoms with van der Waals surface area (Å²) in [5.74, 6) is 0.613. The van der Waals surface area contributed by atoms with E-state index >= 15 is 0 Å². The van der Waals surface area contributed by atoms with E-state index in [1.807, 2.05) is 6.07 Å². The third-order valence-corrected chi connectivity index (χ3v) is 2.34. The van der Waals surface area contributed by atoms with Gasteiger partial charge in [0.2, 0.25) is 0 Å². The molecule has 15 heavy (non-hydrogen) atoms. The van der Waals surface area contributed by atoms with E-state index in [4.69, 9.17) is 27.6 Å². The molecule has 78 valence electrons. The molecule has 0 radical (unpaired) electrons. The van der Waals surface area contributed by atoms with Crippen molar-refractivity contribution < 1.29 is 4.42 Å². The second-order valence-corrected chi connectivity index (χ2v) is 3.81. The Bertz CT molecular complexity index is 443. The quantitative estimate of drug-likeness (QED) is 0.894. The lowest BCUT2D eigenvalue weighted by Crippen LogP contribution is -2.00. The molecule has 2 heterocycles. The highest BCUT2D eigenvalue weighted by atomic mass is 35.5. The standard InChI is InChI=1S/C10H8Cl2N2O/c11-8-3-9(12)10(14-5-8)13-4-7-1-2-15-6-7/h1-3,5-6H,4H2,(H,13,14). The third-order valence-electron chi connectivity index (χ3n) is 1.85. The Labute approximate surface area is 97.0 Å². The van der Waals surface area contributed by atoms with Crippen molar-refractivity contribution in [3.63, 3.8) is 0 Å². The Morgan fingerprint density at radius 1 is 1.40 bits per heavy atom. The van der Waals surface area contributed by atoms with Gasteiger partial charge in [-0.1, -0.05) is 23.2 Å². The van der Waals surface area contributed by atoms with Crippen LogP contribution in [0.2, 0.25) is 10.0 Å². The number of pyridine rings is 1. The van der Waals surface area contributed by atoms with Crippen LogP contribution < -0.4 is 5.32 Å². The van der Waals surface area contributed by atoms with Crippen molar-refractivity contribution in [3.05, 3.63) is 46.5 Å². The summed E-state index contributed by atoms with van der Waals surface area (Å²) in [4.78, 5) is 4.07. The molecule has 0 aliphatic heterocycles. The van der Waals surface area contributed by atoms with Crippen molar-refractivity contribution in [2.75, 3.05) is 5.32 Å². The second-order valence-electron chi connectivity index (χ2n) is 2.97. The van der Waals surface area contributed by atoms with Gasteiger partial charge in [-0.15, -0.1) is 0 Å². The van der Waals surface area contributed by atoms with Gasteiger partial charge in [0.1, 0.15) is 5.82 Å². The zero-order valence-electron chi connectivity index (χ0n) is 7.71. The normalized spacial score (nSPS) is 10.3. The second kappa shape index (κ2) is 4.55. The van der Waals surface area contributed by atoms with E-state index in [1.54, 1.807) is 24.8 Å². The van der Waals surface area contributed by atoms with E-state index in [-0.39, 0.29) is 0 Å². The lowest BCUT2D eigenvalue weighted by Gasteiger charge is -2.05. The van der Waals surface area contributed by atoms with E-state index in [0.29, 0.717) is 22.4 Å². The largest absolute Gasteiger partial charge is 0.472 e. The zero-order valence-corrected chi connectivity index (χ0v) is 9.22. The lowest BCUT2D eigenvalue weighted by molar-refractivity contribution is 0.564. The molecule has 0 unspecified atom stereocenters. The Morgan fingerprint density at radius 3 is 2.93 bits per heavy atom. The minimum absolute atomic E-state index is 0.506. The Balaban J connectivity index is 2.05. The van der Waals surface area contributed by atoms with Crippen molar-refractivity contribution >= 4 is 29.0 Å². The maximum Gasteiger partial charge on any atom is 0.145 e. The number of nitrogens with one attached hydrogen (secondary N) is 1. The molecular formula is C10H8Cl2N2O. The molecule has 2 rings (SSSR count). The molecule has 2 aromatic rings. The lowest BCUT2D eigenvalue weighted by atomic mass is 10.3. The summed E-state index contributed by atoms with van der Waals surface area (Å²) in [6.07, 6.45) is 4.83. The molecule has 0 spiro atoms. The monoisotopic (exact) mass is 242 g/mol. The molecule has 0 saturated heterocycles. The number of rotatable bonds is 3. The van der Waals surface area contributed by atoms with Crippen molar-refractivity contribution in [2.24, 2.45) is 0 Å². The third kappa shape index (κ3) is 2.64. The highest BCUT2D eigenvalue weighted by Crippen LogP contribution is 2.22. The van der Waals surface area contributed by atoms with Crippen LogP contribution in [0.25, 0.3) is 0 Å². The molecular weight excluding hydrogens is 235 g/mol. The first kappa shape index (κ1) is 10.3. The Morgan fingerprint density at radius 2 is 2.27 bits per heavy atom. The number of nitrogens with zero attached hydrogens (tertiary/aromatic N) is 1. The van der Waals surface area contributed by atoms with Crippen LogP contribution in [0.15, 0.2) is 35.3 Å². The topological polar surface area (TPSA) is 38.1 Å². The highest BCUT2D eigenvalue weighted by Gasteiger charge is 2.02. The van der Waals surface area contributed by atoms with Gasteiger partial charge in [-0.3, -0.25) is 0 Å². The van der Waals surface area contributed by atoms with E-state index in [1.165, 1.54) is 0 Å². The summed E-state index contributed by atoms with van der Waals surface area (Å²) in [6.45, 7) is 0.616. The zero-order chi connectivity index (χ0) is 10.7. The molecule has 0 aliphatic rings.